The van der Waals surface area contributed by atoms with E-state index in [1.54, 1.807) is 6.20 Å². The van der Waals surface area contributed by atoms with Crippen molar-refractivity contribution in [3.05, 3.63) is 52.0 Å². The molecule has 0 fully saturated rings. The number of carbonyl (C=O) groups is 1. The van der Waals surface area contributed by atoms with E-state index in [2.05, 4.69) is 38.7 Å². The molecule has 8 heteroatoms. The molecule has 0 saturated heterocycles. The van der Waals surface area contributed by atoms with Crippen molar-refractivity contribution >= 4 is 5.78 Å². The van der Waals surface area contributed by atoms with E-state index < -0.39 is 5.82 Å². The standard InChI is InChI=1S/C27H32FN5O2.C2H6/c1-5-7-20-22(25(34)15(3)4)17-9-8-16-12-29-27(23(28)21(16)24(17)32-20)35-26-18-13-33(6-2)11-10-19(18)30-14-31-26;1-2/h12,14-15,32H,5-11,13H2,1-4H3;1-2H3. The van der Waals surface area contributed by atoms with Crippen LogP contribution in [0.3, 0.4) is 0 Å². The molecule has 0 atom stereocenters. The SMILES string of the molecule is CC.CCCc1[nH]c2c(c1C(=O)C(C)C)CCc1cnc(Oc3ncnc4c3CN(CC)CC4)c(F)c1-2. The number of nitrogens with one attached hydrogen (secondary N) is 1. The van der Waals surface area contributed by atoms with Crippen LogP contribution >= 0.6 is 0 Å². The second-order valence-electron chi connectivity index (χ2n) is 9.70. The summed E-state index contributed by atoms with van der Waals surface area (Å²) in [5, 5.41) is 0. The Labute approximate surface area is 218 Å². The van der Waals surface area contributed by atoms with Crippen molar-refractivity contribution in [2.75, 3.05) is 13.1 Å². The van der Waals surface area contributed by atoms with Crippen LogP contribution in [0.5, 0.6) is 11.8 Å². The largest absolute Gasteiger partial charge is 0.417 e. The molecule has 5 rings (SSSR count). The number of aromatic nitrogens is 4. The summed E-state index contributed by atoms with van der Waals surface area (Å²) in [6.45, 7) is 14.5. The molecule has 0 radical (unpaired) electrons. The number of halogens is 1. The molecule has 1 aliphatic heterocycles. The summed E-state index contributed by atoms with van der Waals surface area (Å²) in [5.41, 5.74) is 6.32. The van der Waals surface area contributed by atoms with Gasteiger partial charge < -0.3 is 9.72 Å². The minimum absolute atomic E-state index is 0.102. The number of Topliss-reactive ketones (excluding diaryl/α,β-unsaturated/α-hetero) is 1. The number of aryl methyl sites for hydroxylation is 2. The maximum atomic E-state index is 16.0. The van der Waals surface area contributed by atoms with Crippen LogP contribution in [-0.4, -0.2) is 43.7 Å². The second-order valence-corrected chi connectivity index (χ2v) is 9.70. The van der Waals surface area contributed by atoms with Gasteiger partial charge in [-0.15, -0.1) is 0 Å². The molecule has 0 spiro atoms. The zero-order valence-electron chi connectivity index (χ0n) is 22.9. The number of carbonyl (C=O) groups excluding carboxylic acids is 1. The topological polar surface area (TPSA) is 84.0 Å². The van der Waals surface area contributed by atoms with Crippen molar-refractivity contribution in [1.82, 2.24) is 24.8 Å². The lowest BCUT2D eigenvalue weighted by Crippen LogP contribution is -2.31. The lowest BCUT2D eigenvalue weighted by molar-refractivity contribution is 0.0937. The first-order valence-electron chi connectivity index (χ1n) is 13.6. The van der Waals surface area contributed by atoms with Gasteiger partial charge in [-0.3, -0.25) is 9.69 Å². The molecule has 198 valence electrons. The maximum absolute atomic E-state index is 16.0. The lowest BCUT2D eigenvalue weighted by Gasteiger charge is -2.27. The fourth-order valence-corrected chi connectivity index (χ4v) is 5.20. The molecule has 0 unspecified atom stereocenters. The minimum Gasteiger partial charge on any atom is -0.417 e. The highest BCUT2D eigenvalue weighted by molar-refractivity contribution is 6.02. The van der Waals surface area contributed by atoms with Gasteiger partial charge in [-0.2, -0.15) is 0 Å². The van der Waals surface area contributed by atoms with Crippen molar-refractivity contribution in [2.24, 2.45) is 5.92 Å². The first-order valence-corrected chi connectivity index (χ1v) is 13.6. The molecular weight excluding hydrogens is 469 g/mol. The zero-order chi connectivity index (χ0) is 26.7. The molecule has 2 aliphatic rings. The quantitative estimate of drug-likeness (QED) is 0.390. The number of nitrogens with zero attached hydrogens (tertiary/aromatic N) is 4. The number of H-pyrrole nitrogens is 1. The van der Waals surface area contributed by atoms with Crippen molar-refractivity contribution in [3.63, 3.8) is 0 Å². The Balaban J connectivity index is 0.00000156. The van der Waals surface area contributed by atoms with Crippen LogP contribution in [0.2, 0.25) is 0 Å². The summed E-state index contributed by atoms with van der Waals surface area (Å²) < 4.78 is 22.0. The Bertz CT molecular complexity index is 1280. The van der Waals surface area contributed by atoms with Gasteiger partial charge in [0.1, 0.15) is 6.33 Å². The van der Waals surface area contributed by atoms with E-state index in [1.165, 1.54) is 6.33 Å². The van der Waals surface area contributed by atoms with E-state index >= 15 is 4.39 Å². The predicted molar refractivity (Wildman–Crippen MR) is 143 cm³/mol. The Morgan fingerprint density at radius 3 is 2.59 bits per heavy atom. The van der Waals surface area contributed by atoms with Crippen molar-refractivity contribution in [2.45, 2.75) is 80.2 Å². The Kier molecular flexibility index (Phi) is 8.37. The molecule has 1 aliphatic carbocycles. The van der Waals surface area contributed by atoms with Gasteiger partial charge in [0.05, 0.1) is 17.0 Å². The first-order chi connectivity index (χ1) is 17.9. The maximum Gasteiger partial charge on any atom is 0.258 e. The monoisotopic (exact) mass is 507 g/mol. The number of fused-ring (bicyclic) bond motifs is 4. The molecule has 3 aromatic heterocycles. The number of hydrogen-bond acceptors (Lipinski definition) is 6. The van der Waals surface area contributed by atoms with Gasteiger partial charge in [0.25, 0.3) is 5.88 Å². The molecule has 37 heavy (non-hydrogen) atoms. The van der Waals surface area contributed by atoms with E-state index in [0.717, 1.165) is 66.0 Å². The summed E-state index contributed by atoms with van der Waals surface area (Å²) in [4.78, 5) is 31.8. The molecule has 0 bridgehead atoms. The fourth-order valence-electron chi connectivity index (χ4n) is 5.20. The van der Waals surface area contributed by atoms with Gasteiger partial charge in [0.15, 0.2) is 11.6 Å². The number of pyridine rings is 1. The van der Waals surface area contributed by atoms with Gasteiger partial charge in [0, 0.05) is 48.4 Å². The molecule has 3 aromatic rings. The Morgan fingerprint density at radius 2 is 1.89 bits per heavy atom. The summed E-state index contributed by atoms with van der Waals surface area (Å²) in [5.74, 6) is -0.293. The molecular formula is C29H38FN5O2. The first kappa shape index (κ1) is 26.9. The number of rotatable bonds is 7. The predicted octanol–water partition coefficient (Wildman–Crippen LogP) is 6.09. The number of hydrogen-bond donors (Lipinski definition) is 1. The van der Waals surface area contributed by atoms with Crippen LogP contribution in [-0.2, 0) is 32.2 Å². The van der Waals surface area contributed by atoms with E-state index in [0.29, 0.717) is 36.5 Å². The van der Waals surface area contributed by atoms with Gasteiger partial charge >= 0.3 is 0 Å². The number of ether oxygens (including phenoxy) is 1. The molecule has 0 saturated carbocycles. The average Bonchev–Trinajstić information content (AvgIpc) is 3.28. The van der Waals surface area contributed by atoms with Gasteiger partial charge in [0.2, 0.25) is 5.88 Å². The average molecular weight is 508 g/mol. The molecule has 0 aromatic carbocycles. The molecule has 1 N–H and O–H groups in total. The van der Waals surface area contributed by atoms with Crippen LogP contribution in [0.25, 0.3) is 11.3 Å². The highest BCUT2D eigenvalue weighted by Gasteiger charge is 2.32. The zero-order valence-corrected chi connectivity index (χ0v) is 22.9. The highest BCUT2D eigenvalue weighted by atomic mass is 19.1. The summed E-state index contributed by atoms with van der Waals surface area (Å²) in [7, 11) is 0. The van der Waals surface area contributed by atoms with E-state index in [1.807, 2.05) is 27.7 Å². The van der Waals surface area contributed by atoms with Gasteiger partial charge in [-0.25, -0.2) is 19.3 Å². The van der Waals surface area contributed by atoms with Crippen LogP contribution in [0.15, 0.2) is 12.5 Å². The third-order valence-corrected chi connectivity index (χ3v) is 7.09. The van der Waals surface area contributed by atoms with Crippen molar-refractivity contribution in [3.8, 4) is 23.0 Å². The minimum atomic E-state index is -0.521. The molecule has 0 amide bonds. The van der Waals surface area contributed by atoms with Crippen LogP contribution in [0, 0.1) is 11.7 Å². The normalized spacial score (nSPS) is 14.4. The van der Waals surface area contributed by atoms with Crippen molar-refractivity contribution in [1.29, 1.82) is 0 Å². The summed E-state index contributed by atoms with van der Waals surface area (Å²) in [6.07, 6.45) is 6.91. The smallest absolute Gasteiger partial charge is 0.258 e. The molecule has 7 nitrogen and oxygen atoms in total. The third kappa shape index (κ3) is 5.04. The number of likely N-dealkylation sites (N-methyl/N-ethyl adjacent to an activating group) is 1. The Hall–Kier alpha value is -3.13. The van der Waals surface area contributed by atoms with E-state index in [-0.39, 0.29) is 17.6 Å². The van der Waals surface area contributed by atoms with Crippen LogP contribution in [0.1, 0.15) is 86.4 Å². The fraction of sp³-hybridized carbons (Fsp3) is 0.517. The molecule has 4 heterocycles. The van der Waals surface area contributed by atoms with Gasteiger partial charge in [-0.1, -0.05) is 48.0 Å². The van der Waals surface area contributed by atoms with Gasteiger partial charge in [-0.05, 0) is 36.9 Å². The summed E-state index contributed by atoms with van der Waals surface area (Å²) in [6, 6.07) is 0. The van der Waals surface area contributed by atoms with Crippen LogP contribution in [0.4, 0.5) is 4.39 Å². The van der Waals surface area contributed by atoms with E-state index in [4.69, 9.17) is 4.74 Å². The van der Waals surface area contributed by atoms with Crippen molar-refractivity contribution < 1.29 is 13.9 Å². The van der Waals surface area contributed by atoms with E-state index in [9.17, 15) is 4.79 Å². The third-order valence-electron chi connectivity index (χ3n) is 7.09. The highest BCUT2D eigenvalue weighted by Crippen LogP contribution is 2.41. The Morgan fingerprint density at radius 1 is 1.11 bits per heavy atom. The number of ketones is 1. The number of aromatic amines is 1. The summed E-state index contributed by atoms with van der Waals surface area (Å²) >= 11 is 0. The van der Waals surface area contributed by atoms with Crippen LogP contribution < -0.4 is 4.74 Å². The lowest BCUT2D eigenvalue weighted by atomic mass is 9.86. The second kappa shape index (κ2) is 11.5.